The summed E-state index contributed by atoms with van der Waals surface area (Å²) >= 11 is 1.49. The first-order valence-electron chi connectivity index (χ1n) is 11.8. The first-order chi connectivity index (χ1) is 16.8. The number of allylic oxidation sites excluding steroid dienone is 1. The zero-order chi connectivity index (χ0) is 25.1. The summed E-state index contributed by atoms with van der Waals surface area (Å²) in [5, 5.41) is 5.84. The van der Waals surface area contributed by atoms with Crippen LogP contribution in [-0.2, 0) is 14.3 Å². The SMILES string of the molecule is CCC1=C(C(=O)OC)[C@H](c2ccc(C)cc2C)N2C(CC(=O)N[C@H](C)c3ccccc3)=CSC2=N1. The molecule has 0 saturated heterocycles. The van der Waals surface area contributed by atoms with Crippen molar-refractivity contribution in [2.24, 2.45) is 4.99 Å². The van der Waals surface area contributed by atoms with E-state index in [0.717, 1.165) is 38.8 Å². The van der Waals surface area contributed by atoms with Crippen molar-refractivity contribution in [2.75, 3.05) is 7.11 Å². The van der Waals surface area contributed by atoms with Gasteiger partial charge < -0.3 is 15.0 Å². The van der Waals surface area contributed by atoms with Crippen LogP contribution in [0, 0.1) is 13.8 Å². The molecule has 2 aliphatic heterocycles. The Hall–Kier alpha value is -3.32. The minimum atomic E-state index is -0.411. The summed E-state index contributed by atoms with van der Waals surface area (Å²) in [5.74, 6) is -0.480. The van der Waals surface area contributed by atoms with Crippen LogP contribution in [-0.4, -0.2) is 29.1 Å². The van der Waals surface area contributed by atoms with E-state index in [9.17, 15) is 9.59 Å². The number of nitrogens with one attached hydrogen (secondary N) is 1. The number of amides is 1. The lowest BCUT2D eigenvalue weighted by Crippen LogP contribution is -2.38. The van der Waals surface area contributed by atoms with Gasteiger partial charge in [0, 0.05) is 5.70 Å². The number of rotatable bonds is 7. The molecule has 0 radical (unpaired) electrons. The Bertz CT molecular complexity index is 1230. The Morgan fingerprint density at radius 2 is 1.91 bits per heavy atom. The third-order valence-corrected chi connectivity index (χ3v) is 7.26. The number of fused-ring (bicyclic) bond motifs is 1. The molecule has 0 aromatic heterocycles. The highest BCUT2D eigenvalue weighted by molar-refractivity contribution is 8.16. The smallest absolute Gasteiger partial charge is 0.338 e. The second-order valence-electron chi connectivity index (χ2n) is 8.84. The molecule has 0 fully saturated rings. The van der Waals surface area contributed by atoms with E-state index in [4.69, 9.17) is 9.73 Å². The Labute approximate surface area is 211 Å². The second kappa shape index (κ2) is 10.5. The van der Waals surface area contributed by atoms with Gasteiger partial charge in [0.05, 0.1) is 36.9 Å². The second-order valence-corrected chi connectivity index (χ2v) is 9.67. The van der Waals surface area contributed by atoms with Gasteiger partial charge in [-0.3, -0.25) is 4.79 Å². The lowest BCUT2D eigenvalue weighted by atomic mass is 9.89. The molecule has 4 rings (SSSR count). The molecule has 6 nitrogen and oxygen atoms in total. The number of esters is 1. The van der Waals surface area contributed by atoms with Gasteiger partial charge >= 0.3 is 5.97 Å². The highest BCUT2D eigenvalue weighted by atomic mass is 32.2. The van der Waals surface area contributed by atoms with Gasteiger partial charge in [0.1, 0.15) is 0 Å². The molecule has 2 aromatic rings. The molecule has 182 valence electrons. The lowest BCUT2D eigenvalue weighted by Gasteiger charge is -2.37. The van der Waals surface area contributed by atoms with Gasteiger partial charge in [0.25, 0.3) is 0 Å². The van der Waals surface area contributed by atoms with Crippen LogP contribution in [0.5, 0.6) is 0 Å². The molecule has 1 N–H and O–H groups in total. The number of nitrogens with zero attached hydrogens (tertiary/aromatic N) is 2. The molecule has 0 saturated carbocycles. The molecule has 2 heterocycles. The number of benzene rings is 2. The molecular formula is C28H31N3O3S. The minimum absolute atomic E-state index is 0.0845. The number of methoxy groups -OCH3 is 1. The number of aliphatic imine (C=N–C) groups is 1. The lowest BCUT2D eigenvalue weighted by molar-refractivity contribution is -0.136. The van der Waals surface area contributed by atoms with Crippen LogP contribution < -0.4 is 5.32 Å². The van der Waals surface area contributed by atoms with Crippen LogP contribution in [0.3, 0.4) is 0 Å². The summed E-state index contributed by atoms with van der Waals surface area (Å²) in [6.45, 7) is 8.07. The van der Waals surface area contributed by atoms with Crippen molar-refractivity contribution < 1.29 is 14.3 Å². The first-order valence-corrected chi connectivity index (χ1v) is 12.7. The maximum atomic E-state index is 13.1. The topological polar surface area (TPSA) is 71.0 Å². The highest BCUT2D eigenvalue weighted by Gasteiger charge is 2.42. The Balaban J connectivity index is 1.68. The molecule has 2 atom stereocenters. The van der Waals surface area contributed by atoms with Gasteiger partial charge in [0.15, 0.2) is 5.17 Å². The predicted octanol–water partition coefficient (Wildman–Crippen LogP) is 5.71. The van der Waals surface area contributed by atoms with E-state index in [0.29, 0.717) is 12.0 Å². The number of hydrogen-bond acceptors (Lipinski definition) is 6. The van der Waals surface area contributed by atoms with Crippen LogP contribution in [0.4, 0.5) is 0 Å². The molecule has 1 amide bonds. The van der Waals surface area contributed by atoms with Crippen molar-refractivity contribution >= 4 is 28.8 Å². The van der Waals surface area contributed by atoms with E-state index < -0.39 is 12.0 Å². The third kappa shape index (κ3) is 5.05. The summed E-state index contributed by atoms with van der Waals surface area (Å²) in [4.78, 5) is 32.9. The summed E-state index contributed by atoms with van der Waals surface area (Å²) in [5.41, 5.74) is 6.33. The summed E-state index contributed by atoms with van der Waals surface area (Å²) in [6.07, 6.45) is 0.786. The van der Waals surface area contributed by atoms with Gasteiger partial charge in [-0.1, -0.05) is 72.8 Å². The van der Waals surface area contributed by atoms with Gasteiger partial charge in [-0.15, -0.1) is 0 Å². The molecule has 0 aliphatic carbocycles. The fraction of sp³-hybridized carbons (Fsp3) is 0.321. The average Bonchev–Trinajstić information content (AvgIpc) is 3.25. The van der Waals surface area contributed by atoms with Crippen LogP contribution in [0.1, 0.15) is 61.0 Å². The number of carbonyl (C=O) groups excluding carboxylic acids is 2. The van der Waals surface area contributed by atoms with E-state index in [-0.39, 0.29) is 18.4 Å². The largest absolute Gasteiger partial charge is 0.466 e. The van der Waals surface area contributed by atoms with Crippen LogP contribution in [0.2, 0.25) is 0 Å². The predicted molar refractivity (Wildman–Crippen MR) is 141 cm³/mol. The van der Waals surface area contributed by atoms with Gasteiger partial charge in [-0.25, -0.2) is 9.79 Å². The van der Waals surface area contributed by atoms with Crippen LogP contribution >= 0.6 is 11.8 Å². The highest BCUT2D eigenvalue weighted by Crippen LogP contribution is 2.46. The van der Waals surface area contributed by atoms with E-state index in [2.05, 4.69) is 30.4 Å². The van der Waals surface area contributed by atoms with Crippen molar-refractivity contribution in [1.82, 2.24) is 10.2 Å². The van der Waals surface area contributed by atoms with Crippen molar-refractivity contribution in [1.29, 1.82) is 0 Å². The Kier molecular flexibility index (Phi) is 7.45. The van der Waals surface area contributed by atoms with E-state index in [1.807, 2.05) is 61.4 Å². The zero-order valence-corrected chi connectivity index (χ0v) is 21.6. The minimum Gasteiger partial charge on any atom is -0.466 e. The standard InChI is InChI=1S/C28H31N3O3S/c1-6-23-25(27(33)34-5)26(22-13-12-17(2)14-18(22)3)31-21(16-35-28(31)30-23)15-24(32)29-19(4)20-10-8-7-9-11-20/h7-14,16,19,26H,6,15H2,1-5H3,(H,29,32)/t19-,26+/m1/s1. The quantitative estimate of drug-likeness (QED) is 0.505. The molecule has 2 aliphatic rings. The van der Waals surface area contributed by atoms with Gasteiger partial charge in [-0.05, 0) is 49.3 Å². The number of amidine groups is 1. The maximum Gasteiger partial charge on any atom is 0.338 e. The summed E-state index contributed by atoms with van der Waals surface area (Å²) in [6, 6.07) is 15.6. The molecule has 2 aromatic carbocycles. The van der Waals surface area contributed by atoms with E-state index in [1.165, 1.54) is 18.9 Å². The Morgan fingerprint density at radius 3 is 2.57 bits per heavy atom. The number of aryl methyl sites for hydroxylation is 2. The number of hydrogen-bond donors (Lipinski definition) is 1. The molecular weight excluding hydrogens is 458 g/mol. The third-order valence-electron chi connectivity index (χ3n) is 6.37. The van der Waals surface area contributed by atoms with Crippen molar-refractivity contribution in [2.45, 2.75) is 52.6 Å². The van der Waals surface area contributed by atoms with E-state index in [1.54, 1.807) is 0 Å². The molecule has 0 unspecified atom stereocenters. The number of carbonyl (C=O) groups is 2. The van der Waals surface area contributed by atoms with Gasteiger partial charge in [-0.2, -0.15) is 0 Å². The van der Waals surface area contributed by atoms with Gasteiger partial charge in [0.2, 0.25) is 5.91 Å². The average molecular weight is 490 g/mol. The zero-order valence-electron chi connectivity index (χ0n) is 20.8. The molecule has 0 spiro atoms. The van der Waals surface area contributed by atoms with E-state index >= 15 is 0 Å². The summed E-state index contributed by atoms with van der Waals surface area (Å²) in [7, 11) is 1.40. The molecule has 35 heavy (non-hydrogen) atoms. The van der Waals surface area contributed by atoms with Crippen molar-refractivity contribution in [3.63, 3.8) is 0 Å². The fourth-order valence-electron chi connectivity index (χ4n) is 4.62. The van der Waals surface area contributed by atoms with Crippen molar-refractivity contribution in [3.8, 4) is 0 Å². The normalized spacial score (nSPS) is 18.0. The Morgan fingerprint density at radius 1 is 1.17 bits per heavy atom. The monoisotopic (exact) mass is 489 g/mol. The maximum absolute atomic E-state index is 13.1. The molecule has 7 heteroatoms. The van der Waals surface area contributed by atoms with Crippen LogP contribution in [0.25, 0.3) is 0 Å². The van der Waals surface area contributed by atoms with Crippen molar-refractivity contribution in [3.05, 3.63) is 93.2 Å². The van der Waals surface area contributed by atoms with Crippen LogP contribution in [0.15, 0.2) is 75.9 Å². The first kappa shape index (κ1) is 24.8. The molecule has 0 bridgehead atoms. The fourth-order valence-corrected chi connectivity index (χ4v) is 5.56. The number of thioether (sulfide) groups is 1. The summed E-state index contributed by atoms with van der Waals surface area (Å²) < 4.78 is 5.21. The number of ether oxygens (including phenoxy) is 1.